The predicted octanol–water partition coefficient (Wildman–Crippen LogP) is 4.61. The van der Waals surface area contributed by atoms with Crippen molar-refractivity contribution in [3.63, 3.8) is 0 Å². The monoisotopic (exact) mass is 377 g/mol. The highest BCUT2D eigenvalue weighted by atomic mass is 35.5. The predicted molar refractivity (Wildman–Crippen MR) is 95.5 cm³/mol. The summed E-state index contributed by atoms with van der Waals surface area (Å²) in [6, 6.07) is 6.90. The maximum atomic E-state index is 13.3. The van der Waals surface area contributed by atoms with E-state index in [9.17, 15) is 8.78 Å². The Labute approximate surface area is 153 Å². The van der Waals surface area contributed by atoms with E-state index in [0.29, 0.717) is 28.0 Å². The fraction of sp³-hybridized carbons (Fsp3) is 0.118. The molecule has 2 N–H and O–H groups in total. The Morgan fingerprint density at radius 2 is 1.88 bits per heavy atom. The normalized spacial score (nSPS) is 10.5. The van der Waals surface area contributed by atoms with Gasteiger partial charge in [0.15, 0.2) is 17.5 Å². The molecule has 0 saturated heterocycles. The first-order valence-corrected chi connectivity index (χ1v) is 7.87. The molecule has 0 aliphatic carbocycles. The molecule has 0 aliphatic rings. The number of hydrogen-bond acceptors (Lipinski definition) is 6. The van der Waals surface area contributed by atoms with Crippen LogP contribution in [0.4, 0.5) is 31.9 Å². The molecule has 0 bridgehead atoms. The van der Waals surface area contributed by atoms with Crippen molar-refractivity contribution in [1.29, 1.82) is 0 Å². The summed E-state index contributed by atoms with van der Waals surface area (Å²) in [6.07, 6.45) is 1.36. The summed E-state index contributed by atoms with van der Waals surface area (Å²) in [5.74, 6) is -0.875. The fourth-order valence-corrected chi connectivity index (χ4v) is 2.34. The van der Waals surface area contributed by atoms with Gasteiger partial charge >= 0.3 is 0 Å². The average Bonchev–Trinajstić information content (AvgIpc) is 2.61. The summed E-state index contributed by atoms with van der Waals surface area (Å²) in [5.41, 5.74) is 1.79. The molecule has 0 atom stereocenters. The Hall–Kier alpha value is -3.00. The molecule has 0 unspecified atom stereocenters. The van der Waals surface area contributed by atoms with E-state index in [1.54, 1.807) is 12.1 Å². The number of anilines is 4. The van der Waals surface area contributed by atoms with E-state index in [2.05, 4.69) is 25.8 Å². The van der Waals surface area contributed by atoms with Crippen molar-refractivity contribution >= 4 is 34.7 Å². The maximum absolute atomic E-state index is 13.3. The third-order valence-electron chi connectivity index (χ3n) is 3.48. The summed E-state index contributed by atoms with van der Waals surface area (Å²) in [6.45, 7) is 1.85. The third-order valence-corrected chi connectivity index (χ3v) is 3.89. The lowest BCUT2D eigenvalue weighted by molar-refractivity contribution is 0.416. The van der Waals surface area contributed by atoms with Gasteiger partial charge in [0.1, 0.15) is 5.75 Å². The van der Waals surface area contributed by atoms with Gasteiger partial charge < -0.3 is 15.4 Å². The highest BCUT2D eigenvalue weighted by molar-refractivity contribution is 6.31. The molecule has 6 nitrogen and oxygen atoms in total. The van der Waals surface area contributed by atoms with Crippen molar-refractivity contribution < 1.29 is 13.5 Å². The smallest absolute Gasteiger partial charge is 0.249 e. The van der Waals surface area contributed by atoms with Gasteiger partial charge in [0, 0.05) is 22.8 Å². The number of halogens is 3. The largest absolute Gasteiger partial charge is 0.495 e. The molecular formula is C17H14ClF2N5O. The van der Waals surface area contributed by atoms with E-state index in [1.807, 2.05) is 6.92 Å². The lowest BCUT2D eigenvalue weighted by atomic mass is 10.2. The second-order valence-electron chi connectivity index (χ2n) is 5.35. The second-order valence-corrected chi connectivity index (χ2v) is 5.75. The Kier molecular flexibility index (Phi) is 5.13. The quantitative estimate of drug-likeness (QED) is 0.676. The fourth-order valence-electron chi connectivity index (χ4n) is 2.19. The van der Waals surface area contributed by atoms with E-state index in [-0.39, 0.29) is 5.95 Å². The summed E-state index contributed by atoms with van der Waals surface area (Å²) in [7, 11) is 1.52. The molecule has 0 amide bonds. The molecule has 0 fully saturated rings. The molecular weight excluding hydrogens is 364 g/mol. The van der Waals surface area contributed by atoms with Gasteiger partial charge in [0.25, 0.3) is 0 Å². The topological polar surface area (TPSA) is 72.0 Å². The number of hydrogen-bond donors (Lipinski definition) is 2. The highest BCUT2D eigenvalue weighted by Gasteiger charge is 2.10. The van der Waals surface area contributed by atoms with Crippen LogP contribution in [-0.2, 0) is 0 Å². The van der Waals surface area contributed by atoms with Crippen molar-refractivity contribution in [3.8, 4) is 5.75 Å². The minimum atomic E-state index is -0.961. The molecule has 1 aromatic heterocycles. The molecule has 1 heterocycles. The zero-order chi connectivity index (χ0) is 18.7. The van der Waals surface area contributed by atoms with Gasteiger partial charge in [-0.15, -0.1) is 5.10 Å². The minimum Gasteiger partial charge on any atom is -0.495 e. The summed E-state index contributed by atoms with van der Waals surface area (Å²) in [5, 5.41) is 14.1. The average molecular weight is 378 g/mol. The van der Waals surface area contributed by atoms with Crippen LogP contribution in [-0.4, -0.2) is 22.3 Å². The Bertz CT molecular complexity index is 954. The van der Waals surface area contributed by atoms with Gasteiger partial charge in [-0.25, -0.2) is 8.78 Å². The lowest BCUT2D eigenvalue weighted by Gasteiger charge is -2.12. The van der Waals surface area contributed by atoms with Gasteiger partial charge in [-0.3, -0.25) is 0 Å². The van der Waals surface area contributed by atoms with Crippen molar-refractivity contribution in [2.45, 2.75) is 6.92 Å². The van der Waals surface area contributed by atoms with Crippen molar-refractivity contribution in [2.75, 3.05) is 17.7 Å². The molecule has 0 saturated carbocycles. The number of aryl methyl sites for hydroxylation is 1. The van der Waals surface area contributed by atoms with Gasteiger partial charge in [0.2, 0.25) is 5.95 Å². The molecule has 3 aromatic rings. The van der Waals surface area contributed by atoms with Gasteiger partial charge in [-0.1, -0.05) is 11.6 Å². The van der Waals surface area contributed by atoms with E-state index >= 15 is 0 Å². The first-order chi connectivity index (χ1) is 12.5. The Balaban J connectivity index is 1.83. The zero-order valence-electron chi connectivity index (χ0n) is 13.8. The molecule has 9 heteroatoms. The van der Waals surface area contributed by atoms with E-state index < -0.39 is 11.6 Å². The summed E-state index contributed by atoms with van der Waals surface area (Å²) >= 11 is 6.09. The van der Waals surface area contributed by atoms with Crippen molar-refractivity contribution in [3.05, 3.63) is 58.7 Å². The van der Waals surface area contributed by atoms with Crippen LogP contribution < -0.4 is 15.4 Å². The molecule has 3 rings (SSSR count). The van der Waals surface area contributed by atoms with Crippen LogP contribution in [0.5, 0.6) is 5.75 Å². The standard InChI is InChI=1S/C17H14ClF2N5O/c1-9-5-14(15(26-2)7-11(9)18)23-17-24-16(8-21-25-17)22-10-3-4-12(19)13(20)6-10/h3-8H,1-2H3,(H2,22,23,24,25). The number of nitrogens with zero attached hydrogens (tertiary/aromatic N) is 3. The minimum absolute atomic E-state index is 0.192. The first kappa shape index (κ1) is 17.8. The summed E-state index contributed by atoms with van der Waals surface area (Å²) in [4.78, 5) is 4.24. The molecule has 2 aromatic carbocycles. The van der Waals surface area contributed by atoms with Gasteiger partial charge in [0.05, 0.1) is 19.0 Å². The van der Waals surface area contributed by atoms with E-state index in [1.165, 1.54) is 19.4 Å². The number of methoxy groups -OCH3 is 1. The van der Waals surface area contributed by atoms with Crippen LogP contribution in [0.2, 0.25) is 5.02 Å². The first-order valence-electron chi connectivity index (χ1n) is 7.49. The molecule has 0 radical (unpaired) electrons. The Morgan fingerprint density at radius 1 is 1.08 bits per heavy atom. The zero-order valence-corrected chi connectivity index (χ0v) is 14.6. The third kappa shape index (κ3) is 3.97. The molecule has 134 valence electrons. The maximum Gasteiger partial charge on any atom is 0.249 e. The lowest BCUT2D eigenvalue weighted by Crippen LogP contribution is -2.04. The Morgan fingerprint density at radius 3 is 2.62 bits per heavy atom. The number of aromatic nitrogens is 3. The van der Waals surface area contributed by atoms with Crippen LogP contribution >= 0.6 is 11.6 Å². The van der Waals surface area contributed by atoms with Crippen molar-refractivity contribution in [2.24, 2.45) is 0 Å². The van der Waals surface area contributed by atoms with Crippen LogP contribution in [0, 0.1) is 18.6 Å². The van der Waals surface area contributed by atoms with E-state index in [4.69, 9.17) is 16.3 Å². The number of nitrogens with one attached hydrogen (secondary N) is 2. The number of benzene rings is 2. The molecule has 0 aliphatic heterocycles. The molecule has 26 heavy (non-hydrogen) atoms. The number of ether oxygens (including phenoxy) is 1. The molecule has 0 spiro atoms. The van der Waals surface area contributed by atoms with Gasteiger partial charge in [-0.2, -0.15) is 10.1 Å². The second kappa shape index (κ2) is 7.49. The van der Waals surface area contributed by atoms with Gasteiger partial charge in [-0.05, 0) is 30.7 Å². The van der Waals surface area contributed by atoms with Crippen LogP contribution in [0.25, 0.3) is 0 Å². The van der Waals surface area contributed by atoms with Crippen LogP contribution in [0.3, 0.4) is 0 Å². The van der Waals surface area contributed by atoms with Crippen molar-refractivity contribution in [1.82, 2.24) is 15.2 Å². The van der Waals surface area contributed by atoms with E-state index in [0.717, 1.165) is 17.7 Å². The summed E-state index contributed by atoms with van der Waals surface area (Å²) < 4.78 is 31.6. The van der Waals surface area contributed by atoms with Crippen LogP contribution in [0.15, 0.2) is 36.5 Å². The van der Waals surface area contributed by atoms with Crippen LogP contribution in [0.1, 0.15) is 5.56 Å². The highest BCUT2D eigenvalue weighted by Crippen LogP contribution is 2.32. The number of rotatable bonds is 5. The SMILES string of the molecule is COc1cc(Cl)c(C)cc1Nc1nncc(Nc2ccc(F)c(F)c2)n1.